The average Bonchev–Trinajstić information content (AvgIpc) is 2.37. The molecule has 1 saturated heterocycles. The van der Waals surface area contributed by atoms with Crippen molar-refractivity contribution in [1.82, 2.24) is 5.32 Å². The van der Waals surface area contributed by atoms with Gasteiger partial charge in [0.2, 0.25) is 0 Å². The van der Waals surface area contributed by atoms with Gasteiger partial charge in [0.1, 0.15) is 5.69 Å². The first-order valence-electron chi connectivity index (χ1n) is 6.74. The van der Waals surface area contributed by atoms with Gasteiger partial charge in [-0.1, -0.05) is 0 Å². The highest BCUT2D eigenvalue weighted by atomic mass is 19.2. The Kier molecular flexibility index (Phi) is 4.52. The van der Waals surface area contributed by atoms with Gasteiger partial charge >= 0.3 is 0 Å². The van der Waals surface area contributed by atoms with Crippen LogP contribution in [0.4, 0.5) is 23.2 Å². The van der Waals surface area contributed by atoms with Gasteiger partial charge < -0.3 is 10.2 Å². The van der Waals surface area contributed by atoms with E-state index in [4.69, 9.17) is 0 Å². The highest BCUT2D eigenvalue weighted by Crippen LogP contribution is 2.29. The van der Waals surface area contributed by atoms with Crippen LogP contribution in [0.1, 0.15) is 26.7 Å². The standard InChI is InChI=1S/C14H18F4N2/c1-8-3-5-20(6-4-9(2)19-8)14-12(17)10(15)7-11(16)13(14)18/h7-9,19H,3-6H2,1-2H3. The van der Waals surface area contributed by atoms with Crippen LogP contribution in [0, 0.1) is 23.3 Å². The molecule has 1 aliphatic rings. The van der Waals surface area contributed by atoms with Crippen molar-refractivity contribution in [2.24, 2.45) is 0 Å². The molecule has 2 unspecified atom stereocenters. The van der Waals surface area contributed by atoms with Crippen LogP contribution in [0.25, 0.3) is 0 Å². The second-order valence-corrected chi connectivity index (χ2v) is 5.35. The molecule has 2 nitrogen and oxygen atoms in total. The molecular formula is C14H18F4N2. The zero-order chi connectivity index (χ0) is 14.9. The van der Waals surface area contributed by atoms with E-state index in [-0.39, 0.29) is 18.2 Å². The molecule has 1 aromatic carbocycles. The van der Waals surface area contributed by atoms with Crippen LogP contribution in [-0.4, -0.2) is 25.2 Å². The van der Waals surface area contributed by atoms with E-state index in [1.54, 1.807) is 0 Å². The van der Waals surface area contributed by atoms with Crippen molar-refractivity contribution >= 4 is 5.69 Å². The normalized spacial score (nSPS) is 24.4. The quantitative estimate of drug-likeness (QED) is 0.631. The van der Waals surface area contributed by atoms with Gasteiger partial charge in [-0.15, -0.1) is 0 Å². The van der Waals surface area contributed by atoms with Crippen molar-refractivity contribution in [2.75, 3.05) is 18.0 Å². The van der Waals surface area contributed by atoms with E-state index in [9.17, 15) is 17.6 Å². The minimum absolute atomic E-state index is 0.178. The molecule has 112 valence electrons. The molecule has 1 heterocycles. The molecule has 1 fully saturated rings. The highest BCUT2D eigenvalue weighted by molar-refractivity contribution is 5.50. The van der Waals surface area contributed by atoms with Gasteiger partial charge in [0, 0.05) is 31.2 Å². The first kappa shape index (κ1) is 15.1. The number of hydrogen-bond acceptors (Lipinski definition) is 2. The molecule has 0 radical (unpaired) electrons. The van der Waals surface area contributed by atoms with Gasteiger partial charge in [0.25, 0.3) is 0 Å². The molecule has 0 amide bonds. The summed E-state index contributed by atoms with van der Waals surface area (Å²) in [6.07, 6.45) is 1.28. The van der Waals surface area contributed by atoms with Crippen molar-refractivity contribution in [3.05, 3.63) is 29.3 Å². The summed E-state index contributed by atoms with van der Waals surface area (Å²) in [7, 11) is 0. The number of hydrogen-bond donors (Lipinski definition) is 1. The Labute approximate surface area is 115 Å². The van der Waals surface area contributed by atoms with Crippen molar-refractivity contribution in [3.63, 3.8) is 0 Å². The van der Waals surface area contributed by atoms with E-state index in [1.807, 2.05) is 13.8 Å². The number of halogens is 4. The second-order valence-electron chi connectivity index (χ2n) is 5.35. The maximum absolute atomic E-state index is 13.8. The zero-order valence-electron chi connectivity index (χ0n) is 11.5. The molecule has 2 rings (SSSR count). The largest absolute Gasteiger partial charge is 0.366 e. The van der Waals surface area contributed by atoms with Crippen LogP contribution in [0.15, 0.2) is 6.07 Å². The summed E-state index contributed by atoms with van der Waals surface area (Å²) >= 11 is 0. The topological polar surface area (TPSA) is 15.3 Å². The van der Waals surface area contributed by atoms with Crippen LogP contribution in [0.3, 0.4) is 0 Å². The number of benzene rings is 1. The van der Waals surface area contributed by atoms with Crippen LogP contribution >= 0.6 is 0 Å². The summed E-state index contributed by atoms with van der Waals surface area (Å²) in [6.45, 7) is 4.63. The lowest BCUT2D eigenvalue weighted by Gasteiger charge is -2.32. The number of nitrogens with zero attached hydrogens (tertiary/aromatic N) is 1. The SMILES string of the molecule is CC1CCN(c2c(F)c(F)cc(F)c2F)CCC(C)N1. The number of rotatable bonds is 1. The third-order valence-corrected chi connectivity index (χ3v) is 3.64. The fourth-order valence-electron chi connectivity index (χ4n) is 2.52. The Morgan fingerprint density at radius 3 is 1.85 bits per heavy atom. The Bertz CT molecular complexity index is 454. The Hall–Kier alpha value is -1.30. The van der Waals surface area contributed by atoms with E-state index in [2.05, 4.69) is 5.32 Å². The maximum atomic E-state index is 13.8. The Morgan fingerprint density at radius 2 is 1.40 bits per heavy atom. The van der Waals surface area contributed by atoms with E-state index in [0.717, 1.165) is 0 Å². The summed E-state index contributed by atoms with van der Waals surface area (Å²) in [4.78, 5) is 1.39. The average molecular weight is 290 g/mol. The fraction of sp³-hybridized carbons (Fsp3) is 0.571. The van der Waals surface area contributed by atoms with E-state index in [1.165, 1.54) is 4.90 Å². The van der Waals surface area contributed by atoms with Crippen LogP contribution < -0.4 is 10.2 Å². The monoisotopic (exact) mass is 290 g/mol. The predicted octanol–water partition coefficient (Wildman–Crippen LogP) is 3.21. The number of anilines is 1. The third-order valence-electron chi connectivity index (χ3n) is 3.64. The predicted molar refractivity (Wildman–Crippen MR) is 69.8 cm³/mol. The summed E-state index contributed by atoms with van der Waals surface area (Å²) in [5.74, 6) is -5.36. The van der Waals surface area contributed by atoms with Crippen molar-refractivity contribution in [2.45, 2.75) is 38.8 Å². The lowest BCUT2D eigenvalue weighted by Crippen LogP contribution is -2.43. The lowest BCUT2D eigenvalue weighted by molar-refractivity contribution is 0.395. The summed E-state index contributed by atoms with van der Waals surface area (Å²) in [6, 6.07) is 0.597. The van der Waals surface area contributed by atoms with Crippen LogP contribution in [0.5, 0.6) is 0 Å². The molecule has 0 saturated carbocycles. The molecular weight excluding hydrogens is 272 g/mol. The van der Waals surface area contributed by atoms with Crippen LogP contribution in [0.2, 0.25) is 0 Å². The van der Waals surface area contributed by atoms with Crippen molar-refractivity contribution < 1.29 is 17.6 Å². The van der Waals surface area contributed by atoms with Gasteiger partial charge in [-0.2, -0.15) is 0 Å². The maximum Gasteiger partial charge on any atom is 0.185 e. The summed E-state index contributed by atoms with van der Waals surface area (Å²) < 4.78 is 54.2. The molecule has 1 N–H and O–H groups in total. The van der Waals surface area contributed by atoms with Gasteiger partial charge in [-0.05, 0) is 26.7 Å². The summed E-state index contributed by atoms with van der Waals surface area (Å²) in [5, 5.41) is 3.34. The minimum Gasteiger partial charge on any atom is -0.366 e. The molecule has 0 spiro atoms. The molecule has 2 atom stereocenters. The fourth-order valence-corrected chi connectivity index (χ4v) is 2.52. The Morgan fingerprint density at radius 1 is 0.950 bits per heavy atom. The lowest BCUT2D eigenvalue weighted by atomic mass is 10.1. The zero-order valence-corrected chi connectivity index (χ0v) is 11.5. The van der Waals surface area contributed by atoms with Crippen molar-refractivity contribution in [1.29, 1.82) is 0 Å². The van der Waals surface area contributed by atoms with Crippen LogP contribution in [-0.2, 0) is 0 Å². The smallest absolute Gasteiger partial charge is 0.185 e. The first-order chi connectivity index (χ1) is 9.40. The minimum atomic E-state index is -1.36. The van der Waals surface area contributed by atoms with E-state index >= 15 is 0 Å². The first-order valence-corrected chi connectivity index (χ1v) is 6.74. The molecule has 1 aromatic rings. The van der Waals surface area contributed by atoms with E-state index in [0.29, 0.717) is 25.9 Å². The van der Waals surface area contributed by atoms with Gasteiger partial charge in [-0.25, -0.2) is 17.6 Å². The Balaban J connectivity index is 2.34. The molecule has 6 heteroatoms. The molecule has 0 bridgehead atoms. The van der Waals surface area contributed by atoms with E-state index < -0.39 is 29.0 Å². The van der Waals surface area contributed by atoms with Crippen molar-refractivity contribution in [3.8, 4) is 0 Å². The molecule has 20 heavy (non-hydrogen) atoms. The second kappa shape index (κ2) is 5.99. The highest BCUT2D eigenvalue weighted by Gasteiger charge is 2.25. The van der Waals surface area contributed by atoms with Gasteiger partial charge in [0.15, 0.2) is 23.3 Å². The summed E-state index contributed by atoms with van der Waals surface area (Å²) in [5.41, 5.74) is -0.594. The molecule has 1 aliphatic heterocycles. The number of nitrogens with one attached hydrogen (secondary N) is 1. The molecule has 0 aromatic heterocycles. The third kappa shape index (κ3) is 3.06. The van der Waals surface area contributed by atoms with Gasteiger partial charge in [0.05, 0.1) is 0 Å². The molecule has 0 aliphatic carbocycles. The van der Waals surface area contributed by atoms with Gasteiger partial charge in [-0.3, -0.25) is 0 Å².